The summed E-state index contributed by atoms with van der Waals surface area (Å²) in [7, 11) is 9.53. The molecule has 6 bridgehead atoms. The van der Waals surface area contributed by atoms with E-state index in [1.54, 1.807) is 35.8 Å². The number of rotatable bonds is 6. The van der Waals surface area contributed by atoms with Crippen LogP contribution in [-0.2, 0) is 47.9 Å². The number of aliphatic hydroxyl groups excluding tert-OH is 1. The molecule has 4 N–H and O–H groups in total. The zero-order valence-electron chi connectivity index (χ0n) is 59.4. The number of likely N-dealkylation sites (N-methyl/N-ethyl adjacent to an activating group) is 6. The molecule has 10 aliphatic rings. The molecule has 13 atom stereocenters. The maximum absolute atomic E-state index is 15.6. The third-order valence-corrected chi connectivity index (χ3v) is 24.4. The van der Waals surface area contributed by atoms with Crippen molar-refractivity contribution in [3.63, 3.8) is 0 Å². The van der Waals surface area contributed by atoms with Crippen molar-refractivity contribution in [2.75, 3.05) is 68.5 Å². The zero-order valence-corrected chi connectivity index (χ0v) is 60.9. The fraction of sp³-hybridized carbons (Fsp3) is 0.806. The number of aliphatic hydroxyl groups is 1. The van der Waals surface area contributed by atoms with Crippen LogP contribution in [0.1, 0.15) is 195 Å². The average molecular weight is 1380 g/mol. The quantitative estimate of drug-likeness (QED) is 0.125. The van der Waals surface area contributed by atoms with Crippen molar-refractivity contribution in [3.8, 4) is 0 Å². The molecule has 10 amide bonds. The number of allylic oxidation sites excluding steroid dienone is 2. The summed E-state index contributed by atoms with van der Waals surface area (Å²) in [5, 5.41) is 21.5. The molecule has 6 aliphatic heterocycles. The Kier molecular flexibility index (Phi) is 26.8. The summed E-state index contributed by atoms with van der Waals surface area (Å²) in [6.45, 7) is 9.11. The molecule has 1 saturated heterocycles. The first-order chi connectivity index (χ1) is 45.5. The number of carbonyl (C=O) groups excluding carboxylic acids is 10. The summed E-state index contributed by atoms with van der Waals surface area (Å²) >= 11 is 13.3. The highest BCUT2D eigenvalue weighted by molar-refractivity contribution is 6.30. The van der Waals surface area contributed by atoms with Gasteiger partial charge in [0, 0.05) is 66.2 Å². The van der Waals surface area contributed by atoms with Crippen molar-refractivity contribution in [2.24, 2.45) is 35.0 Å². The second-order valence-electron chi connectivity index (χ2n) is 31.0. The average Bonchev–Trinajstić information content (AvgIpc) is 0.850. The van der Waals surface area contributed by atoms with Crippen molar-refractivity contribution >= 4 is 82.3 Å². The molecular formula is C72H115Cl2N11O11. The SMILES string of the molecule is CC[C@H](C)[C@@H]1NC(=O)[C@@H]2CCC/C=C/C3CCC(CC3)C[C@@H](C(=O)N(C)CC(=O)N[C@@H](CCC3CCC(Cl)C(Cl)C3)C(=O)N3CCC[C@H]3C(=O)NC3(CC(C)(C)C3)C(=O)N(C)[C@@H](C3CCCC3)C(O)N(C)[C@H](C)CC(=O)N2C)N2CC/C=C\C[C@@H](C2=O)N(C)C(=O)CN(C)C1=O. The minimum absolute atomic E-state index is 0.0149. The van der Waals surface area contributed by atoms with Crippen LogP contribution in [0.5, 0.6) is 0 Å². The van der Waals surface area contributed by atoms with Gasteiger partial charge in [-0.1, -0.05) is 71.3 Å². The number of hydrogen-bond acceptors (Lipinski definition) is 12. The van der Waals surface area contributed by atoms with Gasteiger partial charge in [-0.15, -0.1) is 23.2 Å². The molecule has 22 nitrogen and oxygen atoms in total. The normalized spacial score (nSPS) is 35.2. The predicted octanol–water partition coefficient (Wildman–Crippen LogP) is 6.58. The first-order valence-electron chi connectivity index (χ1n) is 36.3. The van der Waals surface area contributed by atoms with E-state index in [-0.39, 0.29) is 90.4 Å². The van der Waals surface area contributed by atoms with Gasteiger partial charge < -0.3 is 55.4 Å². The van der Waals surface area contributed by atoms with E-state index in [2.05, 4.69) is 28.1 Å². The van der Waals surface area contributed by atoms with Crippen LogP contribution in [-0.4, -0.2) is 243 Å². The van der Waals surface area contributed by atoms with Gasteiger partial charge in [0.05, 0.1) is 24.5 Å². The maximum Gasteiger partial charge on any atom is 0.248 e. The van der Waals surface area contributed by atoms with E-state index in [1.165, 1.54) is 45.6 Å². The first kappa shape index (κ1) is 76.4. The molecule has 1 spiro atoms. The first-order valence-corrected chi connectivity index (χ1v) is 37.1. The van der Waals surface area contributed by atoms with Crippen molar-refractivity contribution in [3.05, 3.63) is 24.3 Å². The van der Waals surface area contributed by atoms with Crippen LogP contribution in [0.25, 0.3) is 0 Å². The van der Waals surface area contributed by atoms with E-state index in [4.69, 9.17) is 23.2 Å². The number of hydrogen-bond donors (Lipinski definition) is 4. The van der Waals surface area contributed by atoms with Crippen LogP contribution in [0.15, 0.2) is 24.3 Å². The Morgan fingerprint density at radius 1 is 0.615 bits per heavy atom. The molecule has 5 fully saturated rings. The molecule has 0 aromatic heterocycles. The number of carbonyl (C=O) groups is 10. The Labute approximate surface area is 581 Å². The number of alkyl halides is 2. The number of halogens is 2. The van der Waals surface area contributed by atoms with Crippen LogP contribution < -0.4 is 16.0 Å². The molecular weight excluding hydrogens is 1270 g/mol. The highest BCUT2D eigenvalue weighted by Gasteiger charge is 2.59. The van der Waals surface area contributed by atoms with E-state index in [0.29, 0.717) is 77.0 Å². The topological polar surface area (TPSA) is 253 Å². The Balaban J connectivity index is 1.20. The summed E-state index contributed by atoms with van der Waals surface area (Å²) in [6.07, 6.45) is 20.1. The number of nitrogens with one attached hydrogen (secondary N) is 3. The van der Waals surface area contributed by atoms with Gasteiger partial charge in [-0.05, 0) is 184 Å². The molecule has 0 radical (unpaired) electrons. The van der Waals surface area contributed by atoms with Crippen LogP contribution in [0.3, 0.4) is 0 Å². The van der Waals surface area contributed by atoms with Gasteiger partial charge in [0.25, 0.3) is 0 Å². The largest absolute Gasteiger partial charge is 0.376 e. The molecule has 4 unspecified atom stereocenters. The minimum Gasteiger partial charge on any atom is -0.376 e. The third-order valence-electron chi connectivity index (χ3n) is 23.3. The van der Waals surface area contributed by atoms with Gasteiger partial charge in [0.1, 0.15) is 48.0 Å². The molecule has 10 rings (SSSR count). The van der Waals surface area contributed by atoms with E-state index < -0.39 is 126 Å². The van der Waals surface area contributed by atoms with Crippen LogP contribution in [0.4, 0.5) is 0 Å². The highest BCUT2D eigenvalue weighted by Crippen LogP contribution is 2.50. The van der Waals surface area contributed by atoms with E-state index in [1.807, 2.05) is 46.8 Å². The molecule has 4 aliphatic carbocycles. The summed E-state index contributed by atoms with van der Waals surface area (Å²) in [5.41, 5.74) is -1.74. The van der Waals surface area contributed by atoms with Crippen molar-refractivity contribution in [1.82, 2.24) is 55.1 Å². The van der Waals surface area contributed by atoms with Gasteiger partial charge in [-0.2, -0.15) is 0 Å². The smallest absolute Gasteiger partial charge is 0.248 e. The fourth-order valence-corrected chi connectivity index (χ4v) is 17.8. The van der Waals surface area contributed by atoms with E-state index in [9.17, 15) is 29.1 Å². The predicted molar refractivity (Wildman–Crippen MR) is 369 cm³/mol. The summed E-state index contributed by atoms with van der Waals surface area (Å²) in [4.78, 5) is 163. The Bertz CT molecular complexity index is 2840. The van der Waals surface area contributed by atoms with Gasteiger partial charge >= 0.3 is 0 Å². The summed E-state index contributed by atoms with van der Waals surface area (Å²) in [5.74, 6) is -5.01. The van der Waals surface area contributed by atoms with E-state index >= 15 is 24.0 Å². The second kappa shape index (κ2) is 33.7. The summed E-state index contributed by atoms with van der Waals surface area (Å²) < 4.78 is 0. The van der Waals surface area contributed by atoms with Crippen molar-refractivity contribution in [1.29, 1.82) is 0 Å². The minimum atomic E-state index is -1.39. The van der Waals surface area contributed by atoms with Gasteiger partial charge in [0.15, 0.2) is 0 Å². The monoisotopic (exact) mass is 1380 g/mol. The van der Waals surface area contributed by atoms with E-state index in [0.717, 1.165) is 57.8 Å². The molecule has 24 heteroatoms. The number of fused-ring (bicyclic) bond motifs is 22. The summed E-state index contributed by atoms with van der Waals surface area (Å²) in [6, 6.07) is -7.67. The fourth-order valence-electron chi connectivity index (χ4n) is 17.2. The molecule has 96 heavy (non-hydrogen) atoms. The Hall–Kier alpha value is -5.32. The van der Waals surface area contributed by atoms with Crippen LogP contribution >= 0.6 is 23.2 Å². The van der Waals surface area contributed by atoms with Crippen molar-refractivity contribution in [2.45, 2.75) is 266 Å². The van der Waals surface area contributed by atoms with Crippen molar-refractivity contribution < 1.29 is 53.1 Å². The standard InChI is InChI=1S/C72H115Cl2N11O11/c1-12-45(2)61-68(94)79(7)42-60(88)82(10)56-26-17-14-20-36-85(67(56)93)57-40-49-30-28-47(29-31-49)22-15-13-16-25-54(63(89)76-61)81(9)59(87)38-46(3)80(8)69(95)62(50-23-18-19-24-50)83(11)70(96)72(43-71(4,5)44-72)77-64(90)55-27-21-37-84(55)65(91)53(75-58(86)41-78(6)66(57)92)35-33-48-32-34-51(73)52(74)39-48/h14-15,17,22,45-57,61-62,69,95H,12-13,16,18-21,23-44H2,1-11H3,(H,75,86)(H,76,89)(H,77,90)/b17-14-,22-15+/t45-,46+,47?,48?,49?,51?,52?,53-,54-,55-,56-,57-,61-,62-,69?/m0/s1. The van der Waals surface area contributed by atoms with Gasteiger partial charge in [-0.25, -0.2) is 0 Å². The maximum atomic E-state index is 15.6. The van der Waals surface area contributed by atoms with Crippen LogP contribution in [0.2, 0.25) is 0 Å². The molecule has 4 saturated carbocycles. The zero-order chi connectivity index (χ0) is 70.1. The Morgan fingerprint density at radius 3 is 1.94 bits per heavy atom. The molecule has 538 valence electrons. The Morgan fingerprint density at radius 2 is 1.27 bits per heavy atom. The number of amides is 10. The lowest BCUT2D eigenvalue weighted by Gasteiger charge is -2.55. The second-order valence-corrected chi connectivity index (χ2v) is 32.1. The molecule has 6 heterocycles. The van der Waals surface area contributed by atoms with Crippen LogP contribution in [0, 0.1) is 35.0 Å². The molecule has 0 aromatic rings. The lowest BCUT2D eigenvalue weighted by molar-refractivity contribution is -0.162. The lowest BCUT2D eigenvalue weighted by atomic mass is 9.58. The van der Waals surface area contributed by atoms with Gasteiger partial charge in [0.2, 0.25) is 59.1 Å². The lowest BCUT2D eigenvalue weighted by Crippen LogP contribution is -2.71. The molecule has 0 aromatic carbocycles. The van der Waals surface area contributed by atoms with Gasteiger partial charge in [-0.3, -0.25) is 52.8 Å². The third kappa shape index (κ3) is 18.4. The highest BCUT2D eigenvalue weighted by atomic mass is 35.5. The number of nitrogens with zero attached hydrogens (tertiary/aromatic N) is 8.